The molecule has 0 bridgehead atoms. The van der Waals surface area contributed by atoms with E-state index in [4.69, 9.17) is 5.11 Å². The van der Waals surface area contributed by atoms with E-state index in [0.717, 1.165) is 28.3 Å². The van der Waals surface area contributed by atoms with Gasteiger partial charge in [0.05, 0.1) is 6.20 Å². The average molecular weight is 359 g/mol. The Balaban J connectivity index is 1.66. The molecule has 0 saturated heterocycles. The third-order valence-corrected chi connectivity index (χ3v) is 4.49. The van der Waals surface area contributed by atoms with Crippen LogP contribution >= 0.6 is 0 Å². The van der Waals surface area contributed by atoms with Gasteiger partial charge in [-0.15, -0.1) is 0 Å². The van der Waals surface area contributed by atoms with Crippen LogP contribution in [-0.2, 0) is 6.42 Å². The third kappa shape index (κ3) is 3.13. The summed E-state index contributed by atoms with van der Waals surface area (Å²) in [5.41, 5.74) is 5.42. The monoisotopic (exact) mass is 359 g/mol. The zero-order valence-corrected chi connectivity index (χ0v) is 14.6. The molecule has 0 spiro atoms. The van der Waals surface area contributed by atoms with E-state index in [1.54, 1.807) is 6.20 Å². The number of carbonyl (C=O) groups is 1. The van der Waals surface area contributed by atoms with E-state index >= 15 is 0 Å². The summed E-state index contributed by atoms with van der Waals surface area (Å²) in [6, 6.07) is 16.5. The molecule has 4 aromatic rings. The van der Waals surface area contributed by atoms with Gasteiger partial charge in [0.15, 0.2) is 5.65 Å². The minimum Gasteiger partial charge on any atom is -0.493 e. The van der Waals surface area contributed by atoms with Gasteiger partial charge in [0.25, 0.3) is 0 Å². The van der Waals surface area contributed by atoms with Crippen LogP contribution in [0, 0.1) is 6.92 Å². The Kier molecular flexibility index (Phi) is 4.08. The number of benzene rings is 2. The number of aryl methyl sites for hydroxylation is 1. The van der Waals surface area contributed by atoms with E-state index in [2.05, 4.69) is 41.3 Å². The van der Waals surface area contributed by atoms with Crippen LogP contribution in [0.4, 0.5) is 0 Å². The molecule has 4 rings (SSSR count). The number of hydrogen-bond acceptors (Lipinski definition) is 4. The first-order valence-electron chi connectivity index (χ1n) is 8.47. The molecule has 0 aliphatic rings. The highest BCUT2D eigenvalue weighted by Crippen LogP contribution is 2.27. The number of rotatable bonds is 4. The minimum absolute atomic E-state index is 0.286. The molecule has 0 amide bonds. The second-order valence-electron chi connectivity index (χ2n) is 6.46. The van der Waals surface area contributed by atoms with Crippen LogP contribution in [0.2, 0.25) is 0 Å². The molecule has 2 aromatic carbocycles. The lowest BCUT2D eigenvalue weighted by Gasteiger charge is -2.05. The number of aromatic carboxylic acids is 1. The Morgan fingerprint density at radius 2 is 1.85 bits per heavy atom. The number of nitrogens with zero attached hydrogens (tertiary/aromatic N) is 3. The summed E-state index contributed by atoms with van der Waals surface area (Å²) in [7, 11) is 0. The number of carboxylic acids is 1. The minimum atomic E-state index is -1.25. The van der Waals surface area contributed by atoms with Gasteiger partial charge in [0.1, 0.15) is 5.56 Å². The van der Waals surface area contributed by atoms with Crippen molar-refractivity contribution in [2.45, 2.75) is 13.3 Å². The van der Waals surface area contributed by atoms with Crippen molar-refractivity contribution < 1.29 is 15.0 Å². The second kappa shape index (κ2) is 6.57. The van der Waals surface area contributed by atoms with Gasteiger partial charge in [-0.05, 0) is 30.0 Å². The number of fused-ring (bicyclic) bond motifs is 1. The Labute approximate surface area is 155 Å². The Hall–Kier alpha value is -3.67. The topological polar surface area (TPSA) is 87.7 Å². The summed E-state index contributed by atoms with van der Waals surface area (Å²) in [5, 5.41) is 23.2. The maximum atomic E-state index is 11.1. The predicted molar refractivity (Wildman–Crippen MR) is 101 cm³/mol. The van der Waals surface area contributed by atoms with E-state index in [1.165, 1.54) is 16.7 Å². The fourth-order valence-electron chi connectivity index (χ4n) is 3.13. The molecule has 0 aliphatic carbocycles. The van der Waals surface area contributed by atoms with Crippen LogP contribution in [-0.4, -0.2) is 30.8 Å². The standard InChI is InChI=1S/C21H17N3O3/c1-13-3-2-4-15(9-13)10-14-5-7-16(8-6-14)17-12-23-24-19(17)22-11-18(20(24)25)21(26)27/h2-9,11-12,25H,10H2,1H3,(H,26,27). The van der Waals surface area contributed by atoms with Gasteiger partial charge in [-0.2, -0.15) is 9.61 Å². The van der Waals surface area contributed by atoms with Crippen molar-refractivity contribution in [1.82, 2.24) is 14.6 Å². The molecule has 27 heavy (non-hydrogen) atoms. The van der Waals surface area contributed by atoms with E-state index in [1.807, 2.05) is 24.3 Å². The van der Waals surface area contributed by atoms with E-state index < -0.39 is 11.8 Å². The first-order chi connectivity index (χ1) is 13.0. The lowest BCUT2D eigenvalue weighted by molar-refractivity contribution is 0.0692. The molecule has 134 valence electrons. The Morgan fingerprint density at radius 1 is 1.07 bits per heavy atom. The summed E-state index contributed by atoms with van der Waals surface area (Å²) < 4.78 is 1.14. The molecule has 0 fully saturated rings. The van der Waals surface area contributed by atoms with Gasteiger partial charge < -0.3 is 10.2 Å². The lowest BCUT2D eigenvalue weighted by atomic mass is 10.0. The highest BCUT2D eigenvalue weighted by molar-refractivity contribution is 5.90. The average Bonchev–Trinajstić information content (AvgIpc) is 3.07. The highest BCUT2D eigenvalue weighted by Gasteiger charge is 2.17. The summed E-state index contributed by atoms with van der Waals surface area (Å²) in [6.45, 7) is 2.08. The lowest BCUT2D eigenvalue weighted by Crippen LogP contribution is -2.03. The SMILES string of the molecule is Cc1cccc(Cc2ccc(-c3cnn4c(O)c(C(=O)O)cnc34)cc2)c1. The Morgan fingerprint density at radius 3 is 2.56 bits per heavy atom. The zero-order chi connectivity index (χ0) is 19.0. The van der Waals surface area contributed by atoms with Gasteiger partial charge in [-0.25, -0.2) is 9.78 Å². The van der Waals surface area contributed by atoms with Crippen molar-refractivity contribution >= 4 is 11.6 Å². The first-order valence-corrected chi connectivity index (χ1v) is 8.47. The van der Waals surface area contributed by atoms with Crippen molar-refractivity contribution in [3.8, 4) is 17.0 Å². The number of aromatic hydroxyl groups is 1. The highest BCUT2D eigenvalue weighted by atomic mass is 16.4. The van der Waals surface area contributed by atoms with Crippen LogP contribution in [0.3, 0.4) is 0 Å². The van der Waals surface area contributed by atoms with E-state index in [-0.39, 0.29) is 5.56 Å². The van der Waals surface area contributed by atoms with Crippen molar-refractivity contribution in [2.24, 2.45) is 0 Å². The van der Waals surface area contributed by atoms with Gasteiger partial charge in [0, 0.05) is 11.8 Å². The van der Waals surface area contributed by atoms with Crippen LogP contribution < -0.4 is 0 Å². The smallest absolute Gasteiger partial charge is 0.342 e. The maximum Gasteiger partial charge on any atom is 0.342 e. The van der Waals surface area contributed by atoms with E-state index in [9.17, 15) is 9.90 Å². The summed E-state index contributed by atoms with van der Waals surface area (Å²) in [5.74, 6) is -1.69. The summed E-state index contributed by atoms with van der Waals surface area (Å²) in [6.07, 6.45) is 3.56. The molecule has 0 saturated carbocycles. The molecule has 0 atom stereocenters. The summed E-state index contributed by atoms with van der Waals surface area (Å²) in [4.78, 5) is 15.3. The molecule has 2 aromatic heterocycles. The first kappa shape index (κ1) is 16.8. The molecule has 6 nitrogen and oxygen atoms in total. The number of hydrogen-bond donors (Lipinski definition) is 2. The number of carboxylic acid groups (broad SMARTS) is 1. The molecule has 0 aliphatic heterocycles. The van der Waals surface area contributed by atoms with Crippen molar-refractivity contribution in [1.29, 1.82) is 0 Å². The van der Waals surface area contributed by atoms with Crippen molar-refractivity contribution in [3.63, 3.8) is 0 Å². The van der Waals surface area contributed by atoms with Gasteiger partial charge >= 0.3 is 5.97 Å². The molecular weight excluding hydrogens is 342 g/mol. The normalized spacial score (nSPS) is 11.0. The predicted octanol–water partition coefficient (Wildman–Crippen LogP) is 3.70. The van der Waals surface area contributed by atoms with Gasteiger partial charge in [-0.3, -0.25) is 0 Å². The van der Waals surface area contributed by atoms with Crippen LogP contribution in [0.25, 0.3) is 16.8 Å². The number of aromatic nitrogens is 3. The van der Waals surface area contributed by atoms with Gasteiger partial charge in [-0.1, -0.05) is 54.1 Å². The second-order valence-corrected chi connectivity index (χ2v) is 6.46. The molecule has 0 unspecified atom stereocenters. The third-order valence-electron chi connectivity index (χ3n) is 4.49. The van der Waals surface area contributed by atoms with Crippen LogP contribution in [0.5, 0.6) is 5.88 Å². The molecular formula is C21H17N3O3. The fraction of sp³-hybridized carbons (Fsp3) is 0.0952. The molecule has 6 heteroatoms. The zero-order valence-electron chi connectivity index (χ0n) is 14.6. The van der Waals surface area contributed by atoms with Crippen molar-refractivity contribution in [3.05, 3.63) is 83.2 Å². The maximum absolute atomic E-state index is 11.1. The molecule has 2 N–H and O–H groups in total. The quantitative estimate of drug-likeness (QED) is 0.580. The Bertz CT molecular complexity index is 1150. The van der Waals surface area contributed by atoms with Crippen LogP contribution in [0.1, 0.15) is 27.0 Å². The van der Waals surface area contributed by atoms with Crippen molar-refractivity contribution in [2.75, 3.05) is 0 Å². The fourth-order valence-corrected chi connectivity index (χ4v) is 3.13. The summed E-state index contributed by atoms with van der Waals surface area (Å²) >= 11 is 0. The van der Waals surface area contributed by atoms with Gasteiger partial charge in [0.2, 0.25) is 5.88 Å². The molecule has 0 radical (unpaired) electrons. The molecule has 2 heterocycles. The van der Waals surface area contributed by atoms with E-state index in [0.29, 0.717) is 5.65 Å². The van der Waals surface area contributed by atoms with Crippen LogP contribution in [0.15, 0.2) is 60.9 Å². The largest absolute Gasteiger partial charge is 0.493 e.